The first-order valence-corrected chi connectivity index (χ1v) is 5.23. The summed E-state index contributed by atoms with van der Waals surface area (Å²) >= 11 is 6.00. The molecule has 0 amide bonds. The van der Waals surface area contributed by atoms with Crippen LogP contribution >= 0.6 is 11.6 Å². The molecule has 0 atom stereocenters. The molecule has 0 spiro atoms. The minimum absolute atomic E-state index is 0.555. The van der Waals surface area contributed by atoms with E-state index in [1.807, 2.05) is 13.8 Å². The van der Waals surface area contributed by atoms with Crippen molar-refractivity contribution in [2.45, 2.75) is 27.7 Å². The van der Waals surface area contributed by atoms with Gasteiger partial charge in [0.05, 0.1) is 0 Å². The molecule has 14 heavy (non-hydrogen) atoms. The SMILES string of the molecule is CCN(CC)c1nc(C)nc(Cl)c1C. The molecule has 0 unspecified atom stereocenters. The molecule has 4 heteroatoms. The second-order valence-corrected chi connectivity index (χ2v) is 3.54. The van der Waals surface area contributed by atoms with Crippen molar-refractivity contribution in [2.24, 2.45) is 0 Å². The van der Waals surface area contributed by atoms with Gasteiger partial charge < -0.3 is 4.90 Å². The minimum atomic E-state index is 0.555. The maximum absolute atomic E-state index is 6.00. The van der Waals surface area contributed by atoms with E-state index in [0.717, 1.165) is 30.3 Å². The maximum atomic E-state index is 6.00. The first-order chi connectivity index (χ1) is 6.60. The molecule has 1 aromatic rings. The van der Waals surface area contributed by atoms with Crippen molar-refractivity contribution in [2.75, 3.05) is 18.0 Å². The average molecular weight is 214 g/mol. The first-order valence-electron chi connectivity index (χ1n) is 4.85. The predicted molar refractivity (Wildman–Crippen MR) is 60.1 cm³/mol. The van der Waals surface area contributed by atoms with Crippen LogP contribution in [0.3, 0.4) is 0 Å². The largest absolute Gasteiger partial charge is 0.357 e. The fraction of sp³-hybridized carbons (Fsp3) is 0.600. The molecular formula is C10H16ClN3. The Hall–Kier alpha value is -0.830. The lowest BCUT2D eigenvalue weighted by Gasteiger charge is -2.22. The number of aromatic nitrogens is 2. The highest BCUT2D eigenvalue weighted by Crippen LogP contribution is 2.22. The summed E-state index contributed by atoms with van der Waals surface area (Å²) in [5.41, 5.74) is 0.959. The van der Waals surface area contributed by atoms with Gasteiger partial charge in [-0.05, 0) is 27.7 Å². The van der Waals surface area contributed by atoms with E-state index in [4.69, 9.17) is 11.6 Å². The quantitative estimate of drug-likeness (QED) is 0.723. The Bertz CT molecular complexity index is 321. The van der Waals surface area contributed by atoms with Crippen LogP contribution in [-0.2, 0) is 0 Å². The van der Waals surface area contributed by atoms with Gasteiger partial charge in [0.15, 0.2) is 0 Å². The van der Waals surface area contributed by atoms with Crippen molar-refractivity contribution in [3.63, 3.8) is 0 Å². The van der Waals surface area contributed by atoms with Crippen LogP contribution in [0.2, 0.25) is 5.15 Å². The Morgan fingerprint density at radius 2 is 1.71 bits per heavy atom. The molecule has 0 aliphatic heterocycles. The molecule has 0 saturated carbocycles. The fourth-order valence-corrected chi connectivity index (χ4v) is 1.62. The number of halogens is 1. The molecule has 0 aliphatic carbocycles. The van der Waals surface area contributed by atoms with Gasteiger partial charge in [-0.1, -0.05) is 11.6 Å². The number of anilines is 1. The topological polar surface area (TPSA) is 29.0 Å². The zero-order valence-corrected chi connectivity index (χ0v) is 9.89. The van der Waals surface area contributed by atoms with E-state index in [9.17, 15) is 0 Å². The molecule has 0 bridgehead atoms. The molecule has 0 aromatic carbocycles. The van der Waals surface area contributed by atoms with Gasteiger partial charge in [0.25, 0.3) is 0 Å². The van der Waals surface area contributed by atoms with Gasteiger partial charge in [-0.2, -0.15) is 0 Å². The van der Waals surface area contributed by atoms with Gasteiger partial charge in [-0.3, -0.25) is 0 Å². The van der Waals surface area contributed by atoms with Crippen LogP contribution in [0.15, 0.2) is 0 Å². The van der Waals surface area contributed by atoms with E-state index in [1.54, 1.807) is 0 Å². The Balaban J connectivity index is 3.18. The number of nitrogens with zero attached hydrogens (tertiary/aromatic N) is 3. The third-order valence-electron chi connectivity index (χ3n) is 2.24. The lowest BCUT2D eigenvalue weighted by atomic mass is 10.3. The van der Waals surface area contributed by atoms with Crippen molar-refractivity contribution in [1.82, 2.24) is 9.97 Å². The van der Waals surface area contributed by atoms with Crippen molar-refractivity contribution in [1.29, 1.82) is 0 Å². The number of hydrogen-bond acceptors (Lipinski definition) is 3. The van der Waals surface area contributed by atoms with E-state index in [2.05, 4.69) is 28.7 Å². The van der Waals surface area contributed by atoms with Gasteiger partial charge >= 0.3 is 0 Å². The second kappa shape index (κ2) is 4.60. The normalized spacial score (nSPS) is 10.4. The van der Waals surface area contributed by atoms with Gasteiger partial charge in [-0.25, -0.2) is 9.97 Å². The Morgan fingerprint density at radius 3 is 2.21 bits per heavy atom. The van der Waals surface area contributed by atoms with E-state index in [0.29, 0.717) is 5.15 Å². The number of rotatable bonds is 3. The molecule has 1 rings (SSSR count). The van der Waals surface area contributed by atoms with Crippen LogP contribution in [0.4, 0.5) is 5.82 Å². The third-order valence-corrected chi connectivity index (χ3v) is 2.60. The van der Waals surface area contributed by atoms with Gasteiger partial charge in [0.2, 0.25) is 0 Å². The zero-order valence-electron chi connectivity index (χ0n) is 9.13. The average Bonchev–Trinajstić information content (AvgIpc) is 2.15. The summed E-state index contributed by atoms with van der Waals surface area (Å²) in [7, 11) is 0. The summed E-state index contributed by atoms with van der Waals surface area (Å²) in [5.74, 6) is 1.68. The van der Waals surface area contributed by atoms with Crippen LogP contribution in [0.5, 0.6) is 0 Å². The smallest absolute Gasteiger partial charge is 0.137 e. The molecule has 0 saturated heterocycles. The van der Waals surface area contributed by atoms with Crippen molar-refractivity contribution >= 4 is 17.4 Å². The Morgan fingerprint density at radius 1 is 1.14 bits per heavy atom. The first kappa shape index (κ1) is 11.2. The minimum Gasteiger partial charge on any atom is -0.357 e. The lowest BCUT2D eigenvalue weighted by Crippen LogP contribution is -2.24. The van der Waals surface area contributed by atoms with Crippen molar-refractivity contribution in [3.8, 4) is 0 Å². The Kier molecular flexibility index (Phi) is 3.69. The van der Waals surface area contributed by atoms with Crippen LogP contribution in [0, 0.1) is 13.8 Å². The van der Waals surface area contributed by atoms with Gasteiger partial charge in [0, 0.05) is 18.7 Å². The van der Waals surface area contributed by atoms with Crippen LogP contribution in [0.25, 0.3) is 0 Å². The summed E-state index contributed by atoms with van der Waals surface area (Å²) in [6.07, 6.45) is 0. The molecule has 0 aliphatic rings. The van der Waals surface area contributed by atoms with Gasteiger partial charge in [-0.15, -0.1) is 0 Å². The number of aryl methyl sites for hydroxylation is 1. The molecule has 1 aromatic heterocycles. The molecule has 3 nitrogen and oxygen atoms in total. The zero-order chi connectivity index (χ0) is 10.7. The standard InChI is InChI=1S/C10H16ClN3/c1-5-14(6-2)10-7(3)9(11)12-8(4)13-10/h5-6H2,1-4H3. The van der Waals surface area contributed by atoms with Crippen molar-refractivity contribution < 1.29 is 0 Å². The maximum Gasteiger partial charge on any atom is 0.137 e. The molecule has 0 N–H and O–H groups in total. The van der Waals surface area contributed by atoms with Crippen molar-refractivity contribution in [3.05, 3.63) is 16.5 Å². The van der Waals surface area contributed by atoms with Crippen LogP contribution in [0.1, 0.15) is 25.2 Å². The third kappa shape index (κ3) is 2.15. The van der Waals surface area contributed by atoms with Gasteiger partial charge in [0.1, 0.15) is 16.8 Å². The van der Waals surface area contributed by atoms with E-state index in [1.165, 1.54) is 0 Å². The van der Waals surface area contributed by atoms with E-state index < -0.39 is 0 Å². The van der Waals surface area contributed by atoms with Crippen LogP contribution in [-0.4, -0.2) is 23.1 Å². The monoisotopic (exact) mass is 213 g/mol. The summed E-state index contributed by atoms with van der Waals surface area (Å²) < 4.78 is 0. The summed E-state index contributed by atoms with van der Waals surface area (Å²) in [6, 6.07) is 0. The second-order valence-electron chi connectivity index (χ2n) is 3.18. The summed E-state index contributed by atoms with van der Waals surface area (Å²) in [5, 5.41) is 0.555. The highest BCUT2D eigenvalue weighted by Gasteiger charge is 2.11. The lowest BCUT2D eigenvalue weighted by molar-refractivity contribution is 0.827. The molecule has 0 radical (unpaired) electrons. The highest BCUT2D eigenvalue weighted by molar-refractivity contribution is 6.30. The Labute approximate surface area is 90.1 Å². The molecular weight excluding hydrogens is 198 g/mol. The summed E-state index contributed by atoms with van der Waals surface area (Å²) in [4.78, 5) is 10.7. The molecule has 78 valence electrons. The molecule has 0 fully saturated rings. The fourth-order valence-electron chi connectivity index (χ4n) is 1.41. The van der Waals surface area contributed by atoms with Crippen LogP contribution < -0.4 is 4.90 Å². The van der Waals surface area contributed by atoms with E-state index >= 15 is 0 Å². The molecule has 1 heterocycles. The highest BCUT2D eigenvalue weighted by atomic mass is 35.5. The number of hydrogen-bond donors (Lipinski definition) is 0. The van der Waals surface area contributed by atoms with E-state index in [-0.39, 0.29) is 0 Å². The summed E-state index contributed by atoms with van der Waals surface area (Å²) in [6.45, 7) is 9.89. The predicted octanol–water partition coefficient (Wildman–Crippen LogP) is 2.59.